The molecule has 3 aromatic heterocycles. The molecule has 2 aliphatic heterocycles. The van der Waals surface area contributed by atoms with Gasteiger partial charge in [-0.2, -0.15) is 5.10 Å². The Kier molecular flexibility index (Phi) is 4.26. The van der Waals surface area contributed by atoms with Crippen LogP contribution >= 0.6 is 0 Å². The standard InChI is InChI=1S/C21H20F2N8O2/c1-9-2-3-11-17(24-9)28-29-18(11)27-21(33)31-10-6-7-30(8-10)13-5-4-12(25-19(13)31)20(32)26-16-14(22)15(16)23/h2-5,10,14-16H,6-8H2,1H3,(H,26,32)(H2,24,27,28,29,33)/t10-,14?,15?,16?/m0/s1. The van der Waals surface area contributed by atoms with Crippen molar-refractivity contribution in [3.8, 4) is 0 Å². The molecule has 3 amide bonds. The molecule has 3 N–H and O–H groups in total. The Morgan fingerprint density at radius 1 is 1.15 bits per heavy atom. The second-order valence-electron chi connectivity index (χ2n) is 8.54. The fraction of sp³-hybridized carbons (Fsp3) is 0.381. The topological polar surface area (TPSA) is 119 Å². The highest BCUT2D eigenvalue weighted by Gasteiger charge is 2.53. The summed E-state index contributed by atoms with van der Waals surface area (Å²) in [5.74, 6) is -0.0131. The lowest BCUT2D eigenvalue weighted by Gasteiger charge is -2.35. The second-order valence-corrected chi connectivity index (χ2v) is 8.54. The number of alkyl halides is 2. The minimum atomic E-state index is -1.70. The van der Waals surface area contributed by atoms with Gasteiger partial charge in [0.25, 0.3) is 5.91 Å². The van der Waals surface area contributed by atoms with E-state index >= 15 is 0 Å². The smallest absolute Gasteiger partial charge is 0.329 e. The van der Waals surface area contributed by atoms with Gasteiger partial charge in [-0.05, 0) is 37.6 Å². The van der Waals surface area contributed by atoms with Crippen LogP contribution in [0.5, 0.6) is 0 Å². The van der Waals surface area contributed by atoms with Gasteiger partial charge >= 0.3 is 6.03 Å². The summed E-state index contributed by atoms with van der Waals surface area (Å²) in [6, 6.07) is 5.14. The molecule has 0 spiro atoms. The Morgan fingerprint density at radius 3 is 2.76 bits per heavy atom. The third-order valence-electron chi connectivity index (χ3n) is 6.34. The first-order chi connectivity index (χ1) is 15.9. The molecule has 0 aromatic carbocycles. The molecular formula is C21H20F2N8O2. The number of pyridine rings is 2. The molecule has 1 saturated heterocycles. The van der Waals surface area contributed by atoms with Crippen LogP contribution in [0.3, 0.4) is 0 Å². The van der Waals surface area contributed by atoms with Crippen molar-refractivity contribution in [2.24, 2.45) is 0 Å². The minimum Gasteiger partial charge on any atom is -0.366 e. The van der Waals surface area contributed by atoms with Gasteiger partial charge in [0.15, 0.2) is 29.6 Å². The Labute approximate surface area is 186 Å². The Balaban J connectivity index is 1.31. The molecular weight excluding hydrogens is 434 g/mol. The minimum absolute atomic E-state index is 0.00903. The normalized spacial score (nSPS) is 25.2. The summed E-state index contributed by atoms with van der Waals surface area (Å²) in [4.78, 5) is 38.3. The number of anilines is 3. The monoisotopic (exact) mass is 454 g/mol. The molecule has 5 heterocycles. The van der Waals surface area contributed by atoms with E-state index in [1.807, 2.05) is 19.1 Å². The van der Waals surface area contributed by atoms with Crippen molar-refractivity contribution in [1.82, 2.24) is 25.5 Å². The number of carbonyl (C=O) groups is 2. The van der Waals surface area contributed by atoms with Gasteiger partial charge in [0, 0.05) is 18.8 Å². The molecule has 3 aromatic rings. The number of rotatable bonds is 3. The van der Waals surface area contributed by atoms with Gasteiger partial charge in [-0.3, -0.25) is 20.1 Å². The van der Waals surface area contributed by atoms with E-state index in [1.54, 1.807) is 6.07 Å². The molecule has 2 fully saturated rings. The van der Waals surface area contributed by atoms with Gasteiger partial charge in [-0.1, -0.05) is 0 Å². The number of H-pyrrole nitrogens is 1. The van der Waals surface area contributed by atoms with E-state index in [0.717, 1.165) is 24.3 Å². The van der Waals surface area contributed by atoms with Crippen LogP contribution in [0.4, 0.5) is 30.9 Å². The molecule has 170 valence electrons. The number of fused-ring (bicyclic) bond motifs is 5. The molecule has 3 atom stereocenters. The Bertz CT molecular complexity index is 1290. The lowest BCUT2D eigenvalue weighted by molar-refractivity contribution is 0.0940. The van der Waals surface area contributed by atoms with Crippen molar-refractivity contribution in [3.63, 3.8) is 0 Å². The Morgan fingerprint density at radius 2 is 1.97 bits per heavy atom. The molecule has 1 aliphatic carbocycles. The molecule has 6 rings (SSSR count). The first-order valence-corrected chi connectivity index (χ1v) is 10.7. The third-order valence-corrected chi connectivity index (χ3v) is 6.34. The SMILES string of the molecule is Cc1ccc2c(NC(=O)N3c4nc(C(=O)NC5C(F)C5F)ccc4N4CC[C@H]3C4)n[nH]c2n1. The van der Waals surface area contributed by atoms with Gasteiger partial charge < -0.3 is 10.2 Å². The number of amides is 3. The van der Waals surface area contributed by atoms with Crippen LogP contribution in [0.2, 0.25) is 0 Å². The number of urea groups is 1. The van der Waals surface area contributed by atoms with Crippen LogP contribution in [0.25, 0.3) is 11.0 Å². The van der Waals surface area contributed by atoms with Crippen LogP contribution in [-0.4, -0.2) is 69.6 Å². The zero-order valence-electron chi connectivity index (χ0n) is 17.5. The maximum Gasteiger partial charge on any atom is 0.329 e. The number of halogens is 2. The van der Waals surface area contributed by atoms with E-state index in [1.165, 1.54) is 11.0 Å². The lowest BCUT2D eigenvalue weighted by Crippen LogP contribution is -2.48. The summed E-state index contributed by atoms with van der Waals surface area (Å²) in [5, 5.41) is 12.8. The summed E-state index contributed by atoms with van der Waals surface area (Å²) in [6.45, 7) is 3.25. The summed E-state index contributed by atoms with van der Waals surface area (Å²) >= 11 is 0. The van der Waals surface area contributed by atoms with E-state index < -0.39 is 30.3 Å². The van der Waals surface area contributed by atoms with Crippen molar-refractivity contribution in [2.75, 3.05) is 28.2 Å². The highest BCUT2D eigenvalue weighted by molar-refractivity contribution is 6.08. The van der Waals surface area contributed by atoms with Gasteiger partial charge in [0.05, 0.1) is 23.2 Å². The Hall–Kier alpha value is -3.83. The number of aromatic nitrogens is 4. The number of hydrogen-bond donors (Lipinski definition) is 3. The van der Waals surface area contributed by atoms with E-state index in [4.69, 9.17) is 0 Å². The highest BCUT2D eigenvalue weighted by Crippen LogP contribution is 2.39. The van der Waals surface area contributed by atoms with E-state index in [-0.39, 0.29) is 11.7 Å². The number of nitrogens with zero attached hydrogens (tertiary/aromatic N) is 5. The lowest BCUT2D eigenvalue weighted by atomic mass is 10.1. The number of nitrogens with one attached hydrogen (secondary N) is 3. The number of carbonyl (C=O) groups excluding carboxylic acids is 2. The van der Waals surface area contributed by atoms with Crippen molar-refractivity contribution < 1.29 is 18.4 Å². The zero-order chi connectivity index (χ0) is 22.9. The molecule has 1 saturated carbocycles. The molecule has 2 bridgehead atoms. The van der Waals surface area contributed by atoms with Crippen LogP contribution < -0.4 is 20.4 Å². The maximum atomic E-state index is 13.4. The average Bonchev–Trinajstić information content (AvgIpc) is 3.16. The van der Waals surface area contributed by atoms with E-state index in [0.29, 0.717) is 29.2 Å². The number of aryl methyl sites for hydroxylation is 1. The molecule has 3 aliphatic rings. The fourth-order valence-electron chi connectivity index (χ4n) is 4.48. The van der Waals surface area contributed by atoms with Crippen molar-refractivity contribution in [2.45, 2.75) is 37.8 Å². The molecule has 2 unspecified atom stereocenters. The first-order valence-electron chi connectivity index (χ1n) is 10.7. The number of hydrogen-bond acceptors (Lipinski definition) is 6. The quantitative estimate of drug-likeness (QED) is 0.558. The van der Waals surface area contributed by atoms with Gasteiger partial charge in [0.1, 0.15) is 5.69 Å². The van der Waals surface area contributed by atoms with E-state index in [9.17, 15) is 18.4 Å². The fourth-order valence-corrected chi connectivity index (χ4v) is 4.48. The van der Waals surface area contributed by atoms with Crippen LogP contribution in [0.15, 0.2) is 24.3 Å². The zero-order valence-corrected chi connectivity index (χ0v) is 17.5. The second kappa shape index (κ2) is 7.09. The summed E-state index contributed by atoms with van der Waals surface area (Å²) in [7, 11) is 0. The van der Waals surface area contributed by atoms with Crippen molar-refractivity contribution in [1.29, 1.82) is 0 Å². The third kappa shape index (κ3) is 3.16. The average molecular weight is 454 g/mol. The number of aromatic amines is 1. The van der Waals surface area contributed by atoms with Gasteiger partial charge in [-0.15, -0.1) is 0 Å². The summed E-state index contributed by atoms with van der Waals surface area (Å²) in [5.41, 5.74) is 2.09. The molecule has 33 heavy (non-hydrogen) atoms. The summed E-state index contributed by atoms with van der Waals surface area (Å²) < 4.78 is 26.4. The summed E-state index contributed by atoms with van der Waals surface area (Å²) in [6.07, 6.45) is -2.65. The maximum absolute atomic E-state index is 13.4. The predicted molar refractivity (Wildman–Crippen MR) is 116 cm³/mol. The largest absolute Gasteiger partial charge is 0.366 e. The van der Waals surface area contributed by atoms with Gasteiger partial charge in [-0.25, -0.2) is 23.5 Å². The van der Waals surface area contributed by atoms with Crippen LogP contribution in [-0.2, 0) is 0 Å². The first kappa shape index (κ1) is 19.8. The van der Waals surface area contributed by atoms with Crippen molar-refractivity contribution in [3.05, 3.63) is 35.7 Å². The highest BCUT2D eigenvalue weighted by atomic mass is 19.2. The molecule has 0 radical (unpaired) electrons. The van der Waals surface area contributed by atoms with Crippen molar-refractivity contribution >= 4 is 40.3 Å². The van der Waals surface area contributed by atoms with Crippen LogP contribution in [0.1, 0.15) is 22.6 Å². The molecule has 12 heteroatoms. The van der Waals surface area contributed by atoms with Crippen LogP contribution in [0, 0.1) is 6.92 Å². The van der Waals surface area contributed by atoms with E-state index in [2.05, 4.69) is 35.7 Å². The molecule has 10 nitrogen and oxygen atoms in total. The van der Waals surface area contributed by atoms with Gasteiger partial charge in [0.2, 0.25) is 0 Å². The predicted octanol–water partition coefficient (Wildman–Crippen LogP) is 2.08.